The van der Waals surface area contributed by atoms with E-state index >= 15 is 0 Å². The number of imide groups is 1. The van der Waals surface area contributed by atoms with Gasteiger partial charge in [-0.05, 0) is 25.1 Å². The van der Waals surface area contributed by atoms with E-state index in [4.69, 9.17) is 4.74 Å². The maximum atomic E-state index is 12.2. The van der Waals surface area contributed by atoms with Crippen molar-refractivity contribution in [3.8, 4) is 0 Å². The minimum atomic E-state index is -3.55. The molecule has 2 heterocycles. The van der Waals surface area contributed by atoms with Crippen molar-refractivity contribution in [2.75, 3.05) is 51.7 Å². The highest BCUT2D eigenvalue weighted by molar-refractivity contribution is 7.89. The van der Waals surface area contributed by atoms with E-state index in [2.05, 4.69) is 9.62 Å². The van der Waals surface area contributed by atoms with Gasteiger partial charge in [-0.3, -0.25) is 19.4 Å². The van der Waals surface area contributed by atoms with E-state index in [1.54, 1.807) is 24.3 Å². The van der Waals surface area contributed by atoms with Crippen LogP contribution in [-0.4, -0.2) is 81.7 Å². The summed E-state index contributed by atoms with van der Waals surface area (Å²) >= 11 is 0. The van der Waals surface area contributed by atoms with Crippen molar-refractivity contribution >= 4 is 21.8 Å². The number of nitrogens with zero attached hydrogens (tertiary/aromatic N) is 2. The van der Waals surface area contributed by atoms with Gasteiger partial charge in [-0.15, -0.1) is 0 Å². The monoisotopic (exact) mass is 381 g/mol. The fourth-order valence-corrected chi connectivity index (χ4v) is 4.10. The minimum Gasteiger partial charge on any atom is -0.379 e. The standard InChI is InChI=1S/C17H23N3O5S/c21-16-14-4-1-2-5-15(14)17(22)20(16)10-13-26(23,24)18-6-3-7-19-8-11-25-12-9-19/h1-2,4-5,18H,3,6-13H2. The molecular formula is C17H23N3O5S. The quantitative estimate of drug-likeness (QED) is 0.500. The lowest BCUT2D eigenvalue weighted by atomic mass is 10.1. The zero-order valence-corrected chi connectivity index (χ0v) is 15.3. The first-order chi connectivity index (χ1) is 12.5. The van der Waals surface area contributed by atoms with Crippen LogP contribution < -0.4 is 4.72 Å². The van der Waals surface area contributed by atoms with Crippen molar-refractivity contribution < 1.29 is 22.7 Å². The molecule has 1 saturated heterocycles. The number of morpholine rings is 1. The van der Waals surface area contributed by atoms with Crippen LogP contribution in [0.25, 0.3) is 0 Å². The van der Waals surface area contributed by atoms with Gasteiger partial charge in [0.1, 0.15) is 0 Å². The van der Waals surface area contributed by atoms with Crippen LogP contribution >= 0.6 is 0 Å². The smallest absolute Gasteiger partial charge is 0.261 e. The molecule has 1 N–H and O–H groups in total. The zero-order valence-electron chi connectivity index (χ0n) is 14.5. The Hall–Kier alpha value is -1.81. The molecule has 0 aliphatic carbocycles. The number of amides is 2. The first-order valence-electron chi connectivity index (χ1n) is 8.70. The molecule has 26 heavy (non-hydrogen) atoms. The molecule has 142 valence electrons. The molecule has 2 aliphatic rings. The molecular weight excluding hydrogens is 358 g/mol. The summed E-state index contributed by atoms with van der Waals surface area (Å²) in [5.41, 5.74) is 0.654. The summed E-state index contributed by atoms with van der Waals surface area (Å²) in [6.07, 6.45) is 0.701. The number of fused-ring (bicyclic) bond motifs is 1. The number of rotatable bonds is 8. The predicted molar refractivity (Wildman–Crippen MR) is 95.5 cm³/mol. The van der Waals surface area contributed by atoms with Gasteiger partial charge in [0, 0.05) is 26.2 Å². The van der Waals surface area contributed by atoms with E-state index in [0.717, 1.165) is 24.5 Å². The SMILES string of the molecule is O=C1c2ccccc2C(=O)N1CCS(=O)(=O)NCCCN1CCOCC1. The Bertz CT molecular complexity index is 739. The fourth-order valence-electron chi connectivity index (χ4n) is 3.08. The Morgan fingerprint density at radius 3 is 2.23 bits per heavy atom. The van der Waals surface area contributed by atoms with Gasteiger partial charge in [0.05, 0.1) is 30.1 Å². The van der Waals surface area contributed by atoms with Crippen LogP contribution in [0.2, 0.25) is 0 Å². The highest BCUT2D eigenvalue weighted by atomic mass is 32.2. The highest BCUT2D eigenvalue weighted by Gasteiger charge is 2.35. The lowest BCUT2D eigenvalue weighted by Crippen LogP contribution is -2.39. The summed E-state index contributed by atoms with van der Waals surface area (Å²) in [6, 6.07) is 6.52. The van der Waals surface area contributed by atoms with Crippen LogP contribution in [0.4, 0.5) is 0 Å². The first-order valence-corrected chi connectivity index (χ1v) is 10.4. The molecule has 8 nitrogen and oxygen atoms in total. The van der Waals surface area contributed by atoms with Crippen LogP contribution in [0.3, 0.4) is 0 Å². The Balaban J connectivity index is 1.43. The molecule has 0 spiro atoms. The molecule has 0 bridgehead atoms. The average Bonchev–Trinajstić information content (AvgIpc) is 2.89. The topological polar surface area (TPSA) is 96.0 Å². The van der Waals surface area contributed by atoms with Crippen molar-refractivity contribution in [3.63, 3.8) is 0 Å². The number of carbonyl (C=O) groups is 2. The van der Waals surface area contributed by atoms with Gasteiger partial charge < -0.3 is 4.74 Å². The van der Waals surface area contributed by atoms with Gasteiger partial charge >= 0.3 is 0 Å². The van der Waals surface area contributed by atoms with Crippen LogP contribution in [0.1, 0.15) is 27.1 Å². The van der Waals surface area contributed by atoms with Gasteiger partial charge in [-0.25, -0.2) is 13.1 Å². The lowest BCUT2D eigenvalue weighted by molar-refractivity contribution is 0.0376. The van der Waals surface area contributed by atoms with Crippen molar-refractivity contribution in [1.82, 2.24) is 14.5 Å². The van der Waals surface area contributed by atoms with Crippen LogP contribution in [-0.2, 0) is 14.8 Å². The summed E-state index contributed by atoms with van der Waals surface area (Å²) in [6.45, 7) is 4.16. The highest BCUT2D eigenvalue weighted by Crippen LogP contribution is 2.22. The lowest BCUT2D eigenvalue weighted by Gasteiger charge is -2.26. The maximum Gasteiger partial charge on any atom is 0.261 e. The van der Waals surface area contributed by atoms with E-state index in [1.165, 1.54) is 0 Å². The second-order valence-corrected chi connectivity index (χ2v) is 8.25. The molecule has 0 saturated carbocycles. The Labute approximate surface area is 153 Å². The minimum absolute atomic E-state index is 0.148. The Kier molecular flexibility index (Phi) is 6.02. The molecule has 1 aromatic carbocycles. The molecule has 2 amide bonds. The molecule has 0 atom stereocenters. The zero-order chi connectivity index (χ0) is 18.6. The van der Waals surface area contributed by atoms with E-state index in [9.17, 15) is 18.0 Å². The number of ether oxygens (including phenoxy) is 1. The van der Waals surface area contributed by atoms with E-state index in [-0.39, 0.29) is 12.3 Å². The van der Waals surface area contributed by atoms with Gasteiger partial charge in [0.25, 0.3) is 11.8 Å². The van der Waals surface area contributed by atoms with E-state index in [1.807, 2.05) is 0 Å². The number of carbonyl (C=O) groups excluding carboxylic acids is 2. The third-order valence-corrected chi connectivity index (χ3v) is 5.90. The molecule has 0 unspecified atom stereocenters. The van der Waals surface area contributed by atoms with E-state index in [0.29, 0.717) is 37.3 Å². The summed E-state index contributed by atoms with van der Waals surface area (Å²) < 4.78 is 32.1. The third kappa shape index (κ3) is 4.47. The molecule has 9 heteroatoms. The number of sulfonamides is 1. The molecule has 2 aliphatic heterocycles. The summed E-state index contributed by atoms with van der Waals surface area (Å²) in [5, 5.41) is 0. The molecule has 1 fully saturated rings. The molecule has 0 aromatic heterocycles. The van der Waals surface area contributed by atoms with Crippen molar-refractivity contribution in [2.45, 2.75) is 6.42 Å². The Morgan fingerprint density at radius 2 is 1.62 bits per heavy atom. The number of nitrogens with one attached hydrogen (secondary N) is 1. The average molecular weight is 381 g/mol. The Morgan fingerprint density at radius 1 is 1.00 bits per heavy atom. The van der Waals surface area contributed by atoms with Crippen molar-refractivity contribution in [2.24, 2.45) is 0 Å². The summed E-state index contributed by atoms with van der Waals surface area (Å²) in [4.78, 5) is 27.7. The number of hydrogen-bond donors (Lipinski definition) is 1. The normalized spacial score (nSPS) is 18.4. The second kappa shape index (κ2) is 8.26. The van der Waals surface area contributed by atoms with Gasteiger partial charge in [0.2, 0.25) is 10.0 Å². The third-order valence-electron chi connectivity index (χ3n) is 4.54. The van der Waals surface area contributed by atoms with Crippen LogP contribution in [0.5, 0.6) is 0 Å². The number of benzene rings is 1. The second-order valence-electron chi connectivity index (χ2n) is 6.33. The first kappa shape index (κ1) is 19.0. The predicted octanol–water partition coefficient (Wildman–Crippen LogP) is -0.0757. The van der Waals surface area contributed by atoms with Crippen molar-refractivity contribution in [3.05, 3.63) is 35.4 Å². The van der Waals surface area contributed by atoms with Gasteiger partial charge in [-0.2, -0.15) is 0 Å². The summed E-state index contributed by atoms with van der Waals surface area (Å²) in [7, 11) is -3.55. The van der Waals surface area contributed by atoms with Gasteiger partial charge in [-0.1, -0.05) is 12.1 Å². The summed E-state index contributed by atoms with van der Waals surface area (Å²) in [5.74, 6) is -1.17. The van der Waals surface area contributed by atoms with Crippen LogP contribution in [0, 0.1) is 0 Å². The molecule has 0 radical (unpaired) electrons. The number of hydrogen-bond acceptors (Lipinski definition) is 6. The largest absolute Gasteiger partial charge is 0.379 e. The van der Waals surface area contributed by atoms with Crippen LogP contribution in [0.15, 0.2) is 24.3 Å². The molecule has 1 aromatic rings. The van der Waals surface area contributed by atoms with Gasteiger partial charge in [0.15, 0.2) is 0 Å². The molecule has 3 rings (SSSR count). The fraction of sp³-hybridized carbons (Fsp3) is 0.529. The van der Waals surface area contributed by atoms with Crippen molar-refractivity contribution in [1.29, 1.82) is 0 Å². The van der Waals surface area contributed by atoms with E-state index < -0.39 is 21.8 Å². The maximum absolute atomic E-state index is 12.2.